The maximum atomic E-state index is 10.0. The zero-order chi connectivity index (χ0) is 9.03. The molecule has 1 rings (SSSR count). The molecule has 1 aliphatic rings. The lowest BCUT2D eigenvalue weighted by Crippen LogP contribution is -2.49. The fourth-order valence-corrected chi connectivity index (χ4v) is 3.98. The SMILES string of the molecule is CCO[Si](O)(OCC)C1CCC1. The predicted molar refractivity (Wildman–Crippen MR) is 48.8 cm³/mol. The van der Waals surface area contributed by atoms with E-state index < -0.39 is 8.80 Å². The van der Waals surface area contributed by atoms with E-state index in [1.165, 1.54) is 6.42 Å². The standard InChI is InChI=1S/C8H18O3Si/c1-3-10-12(9,11-4-2)8-6-5-7-8/h8-9H,3-7H2,1-2H3. The summed E-state index contributed by atoms with van der Waals surface area (Å²) < 4.78 is 10.7. The van der Waals surface area contributed by atoms with Gasteiger partial charge in [-0.1, -0.05) is 6.42 Å². The lowest BCUT2D eigenvalue weighted by molar-refractivity contribution is 0.0849. The minimum Gasteiger partial charge on any atom is -0.390 e. The van der Waals surface area contributed by atoms with E-state index in [-0.39, 0.29) is 0 Å². The molecule has 1 aliphatic carbocycles. The Kier molecular flexibility index (Phi) is 3.70. The van der Waals surface area contributed by atoms with Crippen molar-refractivity contribution < 1.29 is 13.6 Å². The van der Waals surface area contributed by atoms with Crippen molar-refractivity contribution >= 4 is 8.80 Å². The van der Waals surface area contributed by atoms with Gasteiger partial charge in [0, 0.05) is 18.8 Å². The summed E-state index contributed by atoms with van der Waals surface area (Å²) in [5, 5.41) is 0. The van der Waals surface area contributed by atoms with E-state index in [4.69, 9.17) is 8.85 Å². The Morgan fingerprint density at radius 2 is 1.75 bits per heavy atom. The molecule has 0 radical (unpaired) electrons. The molecule has 1 fully saturated rings. The molecule has 0 saturated heterocycles. The van der Waals surface area contributed by atoms with Crippen LogP contribution < -0.4 is 0 Å². The van der Waals surface area contributed by atoms with E-state index in [1.807, 2.05) is 13.8 Å². The molecule has 0 aliphatic heterocycles. The van der Waals surface area contributed by atoms with Crippen LogP contribution >= 0.6 is 0 Å². The van der Waals surface area contributed by atoms with Crippen molar-refractivity contribution in [2.24, 2.45) is 0 Å². The van der Waals surface area contributed by atoms with Gasteiger partial charge in [0.2, 0.25) is 0 Å². The van der Waals surface area contributed by atoms with Gasteiger partial charge >= 0.3 is 8.80 Å². The van der Waals surface area contributed by atoms with E-state index in [0.29, 0.717) is 18.8 Å². The molecule has 4 heteroatoms. The van der Waals surface area contributed by atoms with Gasteiger partial charge in [0.05, 0.1) is 0 Å². The van der Waals surface area contributed by atoms with Gasteiger partial charge in [0.1, 0.15) is 0 Å². The summed E-state index contributed by atoms with van der Waals surface area (Å²) in [5.41, 5.74) is 0.317. The lowest BCUT2D eigenvalue weighted by atomic mass is 10.00. The summed E-state index contributed by atoms with van der Waals surface area (Å²) in [4.78, 5) is 10.0. The Balaban J connectivity index is 2.44. The van der Waals surface area contributed by atoms with Crippen molar-refractivity contribution in [1.82, 2.24) is 0 Å². The Morgan fingerprint density at radius 3 is 2.00 bits per heavy atom. The van der Waals surface area contributed by atoms with Gasteiger partial charge in [-0.15, -0.1) is 0 Å². The van der Waals surface area contributed by atoms with Crippen molar-refractivity contribution in [2.75, 3.05) is 13.2 Å². The molecule has 12 heavy (non-hydrogen) atoms. The summed E-state index contributed by atoms with van der Waals surface area (Å²) in [7, 11) is -2.77. The molecular formula is C8H18O3Si. The second-order valence-electron chi connectivity index (χ2n) is 3.12. The fourth-order valence-electron chi connectivity index (χ4n) is 1.46. The van der Waals surface area contributed by atoms with E-state index in [1.54, 1.807) is 0 Å². The molecule has 0 spiro atoms. The number of rotatable bonds is 5. The van der Waals surface area contributed by atoms with Crippen LogP contribution in [0.4, 0.5) is 0 Å². The van der Waals surface area contributed by atoms with Gasteiger partial charge in [-0.2, -0.15) is 0 Å². The third-order valence-corrected chi connectivity index (χ3v) is 5.34. The molecule has 0 bridgehead atoms. The van der Waals surface area contributed by atoms with Gasteiger partial charge in [-0.25, -0.2) is 0 Å². The van der Waals surface area contributed by atoms with Crippen LogP contribution in [-0.4, -0.2) is 26.8 Å². The monoisotopic (exact) mass is 190 g/mol. The van der Waals surface area contributed by atoms with Gasteiger partial charge in [0.15, 0.2) is 0 Å². The second-order valence-corrected chi connectivity index (χ2v) is 5.78. The van der Waals surface area contributed by atoms with Crippen LogP contribution in [0.1, 0.15) is 33.1 Å². The van der Waals surface area contributed by atoms with Crippen LogP contribution in [0.25, 0.3) is 0 Å². The Morgan fingerprint density at radius 1 is 1.25 bits per heavy atom. The zero-order valence-corrected chi connectivity index (χ0v) is 8.88. The van der Waals surface area contributed by atoms with E-state index in [9.17, 15) is 4.80 Å². The first-order valence-electron chi connectivity index (χ1n) is 4.73. The van der Waals surface area contributed by atoms with Crippen LogP contribution in [0.2, 0.25) is 5.54 Å². The predicted octanol–water partition coefficient (Wildman–Crippen LogP) is 1.54. The van der Waals surface area contributed by atoms with Crippen LogP contribution in [0.3, 0.4) is 0 Å². The molecule has 0 aromatic rings. The molecule has 1 N–H and O–H groups in total. The third-order valence-electron chi connectivity index (χ3n) is 2.32. The van der Waals surface area contributed by atoms with Gasteiger partial charge in [-0.3, -0.25) is 0 Å². The summed E-state index contributed by atoms with van der Waals surface area (Å²) in [6, 6.07) is 0. The normalized spacial score (nSPS) is 19.2. The zero-order valence-electron chi connectivity index (χ0n) is 7.88. The maximum Gasteiger partial charge on any atom is 0.501 e. The smallest absolute Gasteiger partial charge is 0.390 e. The molecule has 3 nitrogen and oxygen atoms in total. The second kappa shape index (κ2) is 4.37. The highest BCUT2D eigenvalue weighted by molar-refractivity contribution is 6.61. The first kappa shape index (κ1) is 10.2. The van der Waals surface area contributed by atoms with E-state index in [2.05, 4.69) is 0 Å². The summed E-state index contributed by atoms with van der Waals surface area (Å²) in [5.74, 6) is 0. The largest absolute Gasteiger partial charge is 0.501 e. The van der Waals surface area contributed by atoms with Crippen LogP contribution in [0, 0.1) is 0 Å². The van der Waals surface area contributed by atoms with Gasteiger partial charge in [0.25, 0.3) is 0 Å². The average molecular weight is 190 g/mol. The first-order valence-corrected chi connectivity index (χ1v) is 6.57. The Labute approximate surface area is 75.1 Å². The van der Waals surface area contributed by atoms with Crippen LogP contribution in [0.5, 0.6) is 0 Å². The van der Waals surface area contributed by atoms with Crippen molar-refractivity contribution in [2.45, 2.75) is 38.7 Å². The van der Waals surface area contributed by atoms with Gasteiger partial charge in [-0.05, 0) is 26.7 Å². The molecule has 72 valence electrons. The third kappa shape index (κ3) is 2.07. The minimum absolute atomic E-state index is 0.317. The molecular weight excluding hydrogens is 172 g/mol. The average Bonchev–Trinajstić information content (AvgIpc) is 1.82. The maximum absolute atomic E-state index is 10.0. The van der Waals surface area contributed by atoms with E-state index >= 15 is 0 Å². The van der Waals surface area contributed by atoms with Crippen LogP contribution in [-0.2, 0) is 8.85 Å². The number of hydrogen-bond donors (Lipinski definition) is 1. The summed E-state index contributed by atoms with van der Waals surface area (Å²) >= 11 is 0. The highest BCUT2D eigenvalue weighted by atomic mass is 28.4. The first-order chi connectivity index (χ1) is 5.73. The molecule has 0 heterocycles. The molecule has 0 atom stereocenters. The highest BCUT2D eigenvalue weighted by Gasteiger charge is 2.48. The quantitative estimate of drug-likeness (QED) is 0.668. The molecule has 0 aromatic carbocycles. The van der Waals surface area contributed by atoms with Crippen molar-refractivity contribution in [3.05, 3.63) is 0 Å². The fraction of sp³-hybridized carbons (Fsp3) is 1.00. The lowest BCUT2D eigenvalue weighted by Gasteiger charge is -2.36. The van der Waals surface area contributed by atoms with Crippen molar-refractivity contribution in [3.63, 3.8) is 0 Å². The minimum atomic E-state index is -2.77. The van der Waals surface area contributed by atoms with Crippen molar-refractivity contribution in [1.29, 1.82) is 0 Å². The topological polar surface area (TPSA) is 38.7 Å². The molecule has 0 amide bonds. The van der Waals surface area contributed by atoms with Gasteiger partial charge < -0.3 is 13.6 Å². The van der Waals surface area contributed by atoms with Crippen molar-refractivity contribution in [3.8, 4) is 0 Å². The molecule has 0 unspecified atom stereocenters. The summed E-state index contributed by atoms with van der Waals surface area (Å²) in [6.45, 7) is 4.91. The molecule has 0 aromatic heterocycles. The highest BCUT2D eigenvalue weighted by Crippen LogP contribution is 2.40. The Bertz CT molecular complexity index is 130. The van der Waals surface area contributed by atoms with E-state index in [0.717, 1.165) is 12.8 Å². The number of hydrogen-bond acceptors (Lipinski definition) is 3. The summed E-state index contributed by atoms with van der Waals surface area (Å²) in [6.07, 6.45) is 3.35. The Hall–Kier alpha value is 0.0969. The molecule has 1 saturated carbocycles. The van der Waals surface area contributed by atoms with Crippen LogP contribution in [0.15, 0.2) is 0 Å².